The number of hydrogen-bond donors (Lipinski definition) is 0. The molecule has 7 heteroatoms. The van der Waals surface area contributed by atoms with Crippen LogP contribution >= 0.6 is 0 Å². The van der Waals surface area contributed by atoms with Crippen LogP contribution in [0.15, 0.2) is 176 Å². The Balaban J connectivity index is 0.00000410. The monoisotopic (exact) mass is 816 g/mol. The van der Waals surface area contributed by atoms with Gasteiger partial charge in [-0.2, -0.15) is 12.1 Å². The summed E-state index contributed by atoms with van der Waals surface area (Å²) in [7, 11) is 0. The molecule has 0 atom stereocenters. The second-order valence-electron chi connectivity index (χ2n) is 14.3. The Bertz CT molecular complexity index is 2860. The summed E-state index contributed by atoms with van der Waals surface area (Å²) in [4.78, 5) is 9.16. The van der Waals surface area contributed by atoms with E-state index in [-0.39, 0.29) is 25.8 Å². The van der Waals surface area contributed by atoms with Crippen LogP contribution in [0.1, 0.15) is 25.0 Å². The van der Waals surface area contributed by atoms with Crippen LogP contribution in [0.4, 0.5) is 11.4 Å². The Morgan fingerprint density at radius 2 is 1.23 bits per heavy atom. The fourth-order valence-electron chi connectivity index (χ4n) is 7.74. The van der Waals surface area contributed by atoms with E-state index < -0.39 is 0 Å². The summed E-state index contributed by atoms with van der Waals surface area (Å²) < 4.78 is 11.2. The number of hydrogen-bond acceptors (Lipinski definition) is 4. The molecule has 276 valence electrons. The molecular weight excluding hydrogens is 781 g/mol. The van der Waals surface area contributed by atoms with Crippen LogP contribution in [-0.4, -0.2) is 14.1 Å². The second kappa shape index (κ2) is 14.4. The number of pyridine rings is 1. The van der Waals surface area contributed by atoms with Crippen LogP contribution in [0, 0.1) is 18.8 Å². The zero-order chi connectivity index (χ0) is 36.9. The number of anilines is 2. The smallest absolute Gasteiger partial charge is 0.135 e. The van der Waals surface area contributed by atoms with Crippen molar-refractivity contribution < 1.29 is 25.2 Å². The van der Waals surface area contributed by atoms with Crippen molar-refractivity contribution >= 4 is 44.2 Å². The van der Waals surface area contributed by atoms with Crippen molar-refractivity contribution in [1.29, 1.82) is 0 Å². The van der Waals surface area contributed by atoms with Gasteiger partial charge in [-0.25, -0.2) is 4.98 Å². The summed E-state index contributed by atoms with van der Waals surface area (Å²) in [5.41, 5.74) is 9.37. The van der Waals surface area contributed by atoms with Gasteiger partial charge in [-0.1, -0.05) is 110 Å². The molecule has 1 aliphatic heterocycles. The molecule has 6 aromatic carbocycles. The van der Waals surface area contributed by atoms with E-state index in [9.17, 15) is 0 Å². The Labute approximate surface area is 340 Å². The number of benzene rings is 6. The second-order valence-corrected chi connectivity index (χ2v) is 14.3. The standard InChI is InChI=1S/C49H36N5O.Pd/c1-49(2,35-15-6-3-7-16-35)36-27-28-50-46(31-36)54-45-33-41(55-40-22-14-21-39(32-40)52-30-29-51(34-52)37-17-8-4-9-18-37)25-26-43(45)47-48(54)42-23-12-13-24-44(42)53(47)38-19-10-5-11-20-38;/h3-31,34H,1-2H3;/q-3;. The minimum absolute atomic E-state index is 0. The maximum atomic E-state index is 6.57. The van der Waals surface area contributed by atoms with Gasteiger partial charge in [0.05, 0.1) is 11.0 Å². The minimum atomic E-state index is -0.252. The van der Waals surface area contributed by atoms with Gasteiger partial charge in [-0.3, -0.25) is 0 Å². The van der Waals surface area contributed by atoms with Gasteiger partial charge < -0.3 is 23.7 Å². The zero-order valence-electron chi connectivity index (χ0n) is 30.8. The molecule has 0 spiro atoms. The van der Waals surface area contributed by atoms with Gasteiger partial charge in [0.1, 0.15) is 5.82 Å². The predicted molar refractivity (Wildman–Crippen MR) is 223 cm³/mol. The minimum Gasteiger partial charge on any atom is -0.509 e. The quantitative estimate of drug-likeness (QED) is 0.113. The number of aromatic nitrogens is 3. The fourth-order valence-corrected chi connectivity index (χ4v) is 7.74. The topological polar surface area (TPSA) is 38.5 Å². The van der Waals surface area contributed by atoms with Crippen molar-refractivity contribution in [3.8, 4) is 23.0 Å². The van der Waals surface area contributed by atoms with Crippen molar-refractivity contribution in [2.45, 2.75) is 19.3 Å². The van der Waals surface area contributed by atoms with Crippen molar-refractivity contribution in [2.75, 3.05) is 9.80 Å². The first-order chi connectivity index (χ1) is 27.0. The third-order valence-corrected chi connectivity index (χ3v) is 10.6. The van der Waals surface area contributed by atoms with Crippen molar-refractivity contribution in [3.63, 3.8) is 0 Å². The molecule has 0 unspecified atom stereocenters. The maximum absolute atomic E-state index is 6.57. The Morgan fingerprint density at radius 3 is 2.02 bits per heavy atom. The molecule has 0 radical (unpaired) electrons. The summed E-state index contributed by atoms with van der Waals surface area (Å²) >= 11 is 0. The van der Waals surface area contributed by atoms with Crippen LogP contribution in [0.2, 0.25) is 0 Å². The molecular formula is C49H36N5OPd-3. The van der Waals surface area contributed by atoms with Crippen molar-refractivity contribution in [2.24, 2.45) is 0 Å². The molecule has 9 aromatic rings. The van der Waals surface area contributed by atoms with Crippen LogP contribution in [0.3, 0.4) is 0 Å². The summed E-state index contributed by atoms with van der Waals surface area (Å²) in [6.07, 6.45) is 5.98. The largest absolute Gasteiger partial charge is 0.509 e. The number of para-hydroxylation sites is 3. The van der Waals surface area contributed by atoms with E-state index in [1.807, 2.05) is 72.6 Å². The van der Waals surface area contributed by atoms with Crippen molar-refractivity contribution in [3.05, 3.63) is 206 Å². The zero-order valence-corrected chi connectivity index (χ0v) is 32.3. The predicted octanol–water partition coefficient (Wildman–Crippen LogP) is 11.8. The molecule has 0 saturated heterocycles. The van der Waals surface area contributed by atoms with E-state index in [0.29, 0.717) is 11.5 Å². The fraction of sp³-hybridized carbons (Fsp3) is 0.0612. The average Bonchev–Trinajstić information content (AvgIpc) is 3.95. The third kappa shape index (κ3) is 6.06. The van der Waals surface area contributed by atoms with Gasteiger partial charge in [-0.05, 0) is 66.0 Å². The van der Waals surface area contributed by atoms with Gasteiger partial charge >= 0.3 is 0 Å². The summed E-state index contributed by atoms with van der Waals surface area (Å²) in [6, 6.07) is 61.7. The number of rotatable bonds is 8. The van der Waals surface area contributed by atoms with Gasteiger partial charge in [0.15, 0.2) is 0 Å². The SMILES string of the molecule is CC(C)(c1ccccc1)c1ccnc(-n2c3[c-]c(Oc4[c-]c(N5C=CN(c6ccccc6)[CH-]5)ccc4)ccc3c3c2c2ccccc2n3-c2ccccc2)c1.[Pd]. The molecule has 0 amide bonds. The van der Waals surface area contributed by atoms with Crippen LogP contribution < -0.4 is 14.5 Å². The van der Waals surface area contributed by atoms with Gasteiger partial charge in [0, 0.05) is 65.8 Å². The van der Waals surface area contributed by atoms with Crippen LogP contribution in [0.5, 0.6) is 11.5 Å². The molecule has 0 saturated carbocycles. The molecule has 0 aliphatic carbocycles. The Kier molecular flexibility index (Phi) is 9.06. The molecule has 56 heavy (non-hydrogen) atoms. The Morgan fingerprint density at radius 1 is 0.571 bits per heavy atom. The summed E-state index contributed by atoms with van der Waals surface area (Å²) in [5.74, 6) is 2.00. The third-order valence-electron chi connectivity index (χ3n) is 10.6. The molecule has 0 fully saturated rings. The first-order valence-electron chi connectivity index (χ1n) is 18.5. The molecule has 0 bridgehead atoms. The van der Waals surface area contributed by atoms with E-state index in [1.54, 1.807) is 0 Å². The molecule has 3 aromatic heterocycles. The molecule has 0 N–H and O–H groups in total. The van der Waals surface area contributed by atoms with Crippen LogP contribution in [0.25, 0.3) is 44.3 Å². The Hall–Kier alpha value is -6.39. The number of nitrogens with zero attached hydrogens (tertiary/aromatic N) is 5. The average molecular weight is 817 g/mol. The van der Waals surface area contributed by atoms with E-state index in [2.05, 4.69) is 155 Å². The number of ether oxygens (including phenoxy) is 1. The van der Waals surface area contributed by atoms with E-state index in [1.165, 1.54) is 11.1 Å². The van der Waals surface area contributed by atoms with Gasteiger partial charge in [-0.15, -0.1) is 42.7 Å². The number of fused-ring (bicyclic) bond motifs is 5. The normalized spacial score (nSPS) is 12.8. The van der Waals surface area contributed by atoms with E-state index in [0.717, 1.165) is 55.7 Å². The maximum Gasteiger partial charge on any atom is 0.135 e. The van der Waals surface area contributed by atoms with E-state index in [4.69, 9.17) is 9.72 Å². The summed E-state index contributed by atoms with van der Waals surface area (Å²) in [5, 5.41) is 2.18. The van der Waals surface area contributed by atoms with E-state index >= 15 is 0 Å². The molecule has 10 rings (SSSR count). The van der Waals surface area contributed by atoms with Gasteiger partial charge in [0.25, 0.3) is 0 Å². The molecule has 1 aliphatic rings. The molecule has 4 heterocycles. The van der Waals surface area contributed by atoms with Crippen molar-refractivity contribution in [1.82, 2.24) is 14.1 Å². The first kappa shape index (κ1) is 35.3. The van der Waals surface area contributed by atoms with Crippen LogP contribution in [-0.2, 0) is 25.8 Å². The van der Waals surface area contributed by atoms with Gasteiger partial charge in [0.2, 0.25) is 0 Å². The summed E-state index contributed by atoms with van der Waals surface area (Å²) in [6.45, 7) is 6.57. The molecule has 6 nitrogen and oxygen atoms in total. The first-order valence-corrected chi connectivity index (χ1v) is 18.5.